The van der Waals surface area contributed by atoms with E-state index in [-0.39, 0.29) is 0 Å². The molecule has 78 valence electrons. The predicted octanol–water partition coefficient (Wildman–Crippen LogP) is 1.65. The van der Waals surface area contributed by atoms with Crippen molar-refractivity contribution in [3.05, 3.63) is 18.1 Å². The van der Waals surface area contributed by atoms with Gasteiger partial charge in [0.25, 0.3) is 0 Å². The summed E-state index contributed by atoms with van der Waals surface area (Å²) in [6.45, 7) is 4.42. The van der Waals surface area contributed by atoms with E-state index in [1.165, 1.54) is 0 Å². The number of nitrogens with one attached hydrogen (secondary N) is 1. The van der Waals surface area contributed by atoms with Crippen LogP contribution >= 0.6 is 11.8 Å². The molecule has 0 unspecified atom stereocenters. The van der Waals surface area contributed by atoms with Crippen molar-refractivity contribution in [2.45, 2.75) is 19.6 Å². The molecule has 1 rings (SSSR count). The molecule has 0 amide bonds. The Balaban J connectivity index is 2.36. The topological polar surface area (TPSA) is 63.8 Å². The fraction of sp³-hybridized carbons (Fsp3) is 0.556. The molecule has 0 saturated carbocycles. The van der Waals surface area contributed by atoms with Gasteiger partial charge < -0.3 is 5.43 Å². The number of nitrogen functional groups attached to an aromatic ring is 1. The van der Waals surface area contributed by atoms with Crippen molar-refractivity contribution in [2.75, 3.05) is 11.2 Å². The average Bonchev–Trinajstić information content (AvgIpc) is 2.18. The molecule has 14 heavy (non-hydrogen) atoms. The van der Waals surface area contributed by atoms with Crippen LogP contribution in [0.4, 0.5) is 5.82 Å². The maximum absolute atomic E-state index is 5.18. The van der Waals surface area contributed by atoms with E-state index in [0.717, 1.165) is 23.1 Å². The van der Waals surface area contributed by atoms with E-state index in [0.29, 0.717) is 5.82 Å². The number of hydrogen-bond donors (Lipinski definition) is 2. The molecule has 0 bridgehead atoms. The van der Waals surface area contributed by atoms with E-state index < -0.39 is 0 Å². The molecule has 1 heterocycles. The minimum Gasteiger partial charge on any atom is -0.307 e. The normalized spacial score (nSPS) is 10.6. The van der Waals surface area contributed by atoms with Crippen molar-refractivity contribution in [3.8, 4) is 0 Å². The van der Waals surface area contributed by atoms with Gasteiger partial charge in [0, 0.05) is 5.75 Å². The lowest BCUT2D eigenvalue weighted by Gasteiger charge is -2.04. The fourth-order valence-electron chi connectivity index (χ4n) is 0.903. The third kappa shape index (κ3) is 3.93. The quantitative estimate of drug-likeness (QED) is 0.574. The van der Waals surface area contributed by atoms with E-state index in [2.05, 4.69) is 29.2 Å². The van der Waals surface area contributed by atoms with Crippen molar-refractivity contribution >= 4 is 17.6 Å². The summed E-state index contributed by atoms with van der Waals surface area (Å²) < 4.78 is 0. The third-order valence-corrected chi connectivity index (χ3v) is 2.96. The van der Waals surface area contributed by atoms with Gasteiger partial charge in [-0.2, -0.15) is 11.8 Å². The Morgan fingerprint density at radius 2 is 2.21 bits per heavy atom. The maximum atomic E-state index is 5.18. The van der Waals surface area contributed by atoms with Gasteiger partial charge in [-0.1, -0.05) is 13.8 Å². The molecule has 0 aliphatic rings. The second-order valence-electron chi connectivity index (χ2n) is 3.45. The van der Waals surface area contributed by atoms with Crippen molar-refractivity contribution < 1.29 is 0 Å². The molecule has 0 atom stereocenters. The highest BCUT2D eigenvalue weighted by atomic mass is 32.2. The Morgan fingerprint density at radius 1 is 1.43 bits per heavy atom. The van der Waals surface area contributed by atoms with Crippen LogP contribution in [0.3, 0.4) is 0 Å². The van der Waals surface area contributed by atoms with Crippen LogP contribution in [0.2, 0.25) is 0 Å². The second kappa shape index (κ2) is 5.82. The smallest absolute Gasteiger partial charge is 0.158 e. The van der Waals surface area contributed by atoms with E-state index in [1.54, 1.807) is 12.4 Å². The van der Waals surface area contributed by atoms with Crippen LogP contribution < -0.4 is 11.3 Å². The second-order valence-corrected chi connectivity index (χ2v) is 4.48. The summed E-state index contributed by atoms with van der Waals surface area (Å²) in [5.74, 6) is 8.57. The van der Waals surface area contributed by atoms with Crippen molar-refractivity contribution in [1.29, 1.82) is 0 Å². The first-order valence-electron chi connectivity index (χ1n) is 4.57. The SMILES string of the molecule is CC(C)CSCc1cnc(NN)cn1. The van der Waals surface area contributed by atoms with Gasteiger partial charge in [-0.15, -0.1) is 0 Å². The van der Waals surface area contributed by atoms with Crippen LogP contribution in [-0.2, 0) is 5.75 Å². The number of aromatic nitrogens is 2. The van der Waals surface area contributed by atoms with Gasteiger partial charge in [-0.25, -0.2) is 10.8 Å². The van der Waals surface area contributed by atoms with Gasteiger partial charge in [0.05, 0.1) is 18.1 Å². The first-order chi connectivity index (χ1) is 6.72. The molecular weight excluding hydrogens is 196 g/mol. The molecule has 0 radical (unpaired) electrons. The standard InChI is InChI=1S/C9H16N4S/c1-7(2)5-14-6-8-3-12-9(13-10)4-11-8/h3-4,7H,5-6,10H2,1-2H3,(H,12,13). The number of hydrogen-bond acceptors (Lipinski definition) is 5. The van der Waals surface area contributed by atoms with Crippen molar-refractivity contribution in [3.63, 3.8) is 0 Å². The summed E-state index contributed by atoms with van der Waals surface area (Å²) in [6.07, 6.45) is 3.40. The zero-order valence-electron chi connectivity index (χ0n) is 8.53. The number of hydrazine groups is 1. The summed E-state index contributed by atoms with van der Waals surface area (Å²) in [5, 5.41) is 0. The monoisotopic (exact) mass is 212 g/mol. The molecule has 0 aliphatic heterocycles. The highest BCUT2D eigenvalue weighted by molar-refractivity contribution is 7.98. The van der Waals surface area contributed by atoms with Gasteiger partial charge in [-0.3, -0.25) is 4.98 Å². The molecule has 0 saturated heterocycles. The lowest BCUT2D eigenvalue weighted by molar-refractivity contribution is 0.750. The molecule has 3 N–H and O–H groups in total. The summed E-state index contributed by atoms with van der Waals surface area (Å²) in [7, 11) is 0. The molecule has 0 spiro atoms. The van der Waals surface area contributed by atoms with Gasteiger partial charge in [0.1, 0.15) is 0 Å². The number of nitrogens with two attached hydrogens (primary N) is 1. The van der Waals surface area contributed by atoms with Crippen molar-refractivity contribution in [1.82, 2.24) is 9.97 Å². The zero-order valence-corrected chi connectivity index (χ0v) is 9.34. The van der Waals surface area contributed by atoms with E-state index in [1.807, 2.05) is 11.8 Å². The van der Waals surface area contributed by atoms with Crippen LogP contribution in [0.25, 0.3) is 0 Å². The highest BCUT2D eigenvalue weighted by Gasteiger charge is 1.98. The minimum atomic E-state index is 0.600. The van der Waals surface area contributed by atoms with E-state index in [4.69, 9.17) is 5.84 Å². The Labute approximate surface area is 88.7 Å². The summed E-state index contributed by atoms with van der Waals surface area (Å²) in [6, 6.07) is 0. The van der Waals surface area contributed by atoms with Gasteiger partial charge in [0.15, 0.2) is 5.82 Å². The number of anilines is 1. The van der Waals surface area contributed by atoms with Crippen molar-refractivity contribution in [2.24, 2.45) is 11.8 Å². The summed E-state index contributed by atoms with van der Waals surface area (Å²) in [4.78, 5) is 8.30. The lowest BCUT2D eigenvalue weighted by Crippen LogP contribution is -2.09. The Morgan fingerprint density at radius 3 is 2.71 bits per heavy atom. The van der Waals surface area contributed by atoms with Gasteiger partial charge in [-0.05, 0) is 11.7 Å². The van der Waals surface area contributed by atoms with Crippen LogP contribution in [0.5, 0.6) is 0 Å². The molecule has 0 fully saturated rings. The Hall–Kier alpha value is -0.810. The van der Waals surface area contributed by atoms with Gasteiger partial charge in [0.2, 0.25) is 0 Å². The highest BCUT2D eigenvalue weighted by Crippen LogP contribution is 2.13. The summed E-state index contributed by atoms with van der Waals surface area (Å²) >= 11 is 1.87. The molecule has 0 aliphatic carbocycles. The molecule has 0 aromatic carbocycles. The van der Waals surface area contributed by atoms with Crippen LogP contribution in [0, 0.1) is 5.92 Å². The first kappa shape index (κ1) is 11.3. The van der Waals surface area contributed by atoms with Crippen LogP contribution in [0.15, 0.2) is 12.4 Å². The molecule has 4 nitrogen and oxygen atoms in total. The van der Waals surface area contributed by atoms with E-state index >= 15 is 0 Å². The number of thioether (sulfide) groups is 1. The molecule has 5 heteroatoms. The summed E-state index contributed by atoms with van der Waals surface area (Å²) in [5.41, 5.74) is 3.44. The lowest BCUT2D eigenvalue weighted by atomic mass is 10.3. The molecule has 1 aromatic rings. The van der Waals surface area contributed by atoms with E-state index in [9.17, 15) is 0 Å². The largest absolute Gasteiger partial charge is 0.307 e. The Kier molecular flexibility index (Phi) is 4.69. The minimum absolute atomic E-state index is 0.600. The van der Waals surface area contributed by atoms with Gasteiger partial charge >= 0.3 is 0 Å². The predicted molar refractivity (Wildman–Crippen MR) is 60.8 cm³/mol. The zero-order chi connectivity index (χ0) is 10.4. The Bertz CT molecular complexity index is 260. The average molecular weight is 212 g/mol. The maximum Gasteiger partial charge on any atom is 0.158 e. The number of nitrogens with zero attached hydrogens (tertiary/aromatic N) is 2. The fourth-order valence-corrected chi connectivity index (χ4v) is 1.85. The molecule has 1 aromatic heterocycles. The molecular formula is C9H16N4S. The van der Waals surface area contributed by atoms with Crippen LogP contribution in [-0.4, -0.2) is 15.7 Å². The van der Waals surface area contributed by atoms with Crippen LogP contribution in [0.1, 0.15) is 19.5 Å². The third-order valence-electron chi connectivity index (χ3n) is 1.55. The first-order valence-corrected chi connectivity index (χ1v) is 5.73. The number of rotatable bonds is 5.